The summed E-state index contributed by atoms with van der Waals surface area (Å²) in [5.41, 5.74) is 1.11. The molecule has 1 fully saturated rings. The zero-order valence-electron chi connectivity index (χ0n) is 14.9. The van der Waals surface area contributed by atoms with Crippen LogP contribution in [0.1, 0.15) is 16.8 Å². The number of amides is 1. The molecular weight excluding hydrogens is 377 g/mol. The van der Waals surface area contributed by atoms with E-state index >= 15 is 0 Å². The highest BCUT2D eigenvalue weighted by atomic mass is 32.1. The largest absolute Gasteiger partial charge is 0.416 e. The lowest BCUT2D eigenvalue weighted by Crippen LogP contribution is -2.48. The lowest BCUT2D eigenvalue weighted by atomic mass is 10.1. The summed E-state index contributed by atoms with van der Waals surface area (Å²) >= 11 is 1.40. The average Bonchev–Trinajstić information content (AvgIpc) is 3.01. The van der Waals surface area contributed by atoms with Crippen LogP contribution in [0.3, 0.4) is 0 Å². The molecule has 2 heterocycles. The summed E-state index contributed by atoms with van der Waals surface area (Å²) in [6, 6.07) is 5.30. The van der Waals surface area contributed by atoms with E-state index in [0.29, 0.717) is 18.2 Å². The number of anilines is 1. The zero-order chi connectivity index (χ0) is 19.4. The zero-order valence-corrected chi connectivity index (χ0v) is 15.7. The number of thiazole rings is 1. The second-order valence-electron chi connectivity index (χ2n) is 6.59. The molecule has 1 aromatic carbocycles. The molecule has 27 heavy (non-hydrogen) atoms. The minimum Gasteiger partial charge on any atom is -0.301 e. The van der Waals surface area contributed by atoms with E-state index in [0.717, 1.165) is 49.6 Å². The maximum atomic E-state index is 12.6. The number of benzene rings is 1. The lowest BCUT2D eigenvalue weighted by Gasteiger charge is -2.34. The molecule has 0 bridgehead atoms. The van der Waals surface area contributed by atoms with Crippen molar-refractivity contribution in [2.75, 3.05) is 38.0 Å². The number of carbonyl (C=O) groups is 1. The molecule has 1 saturated heterocycles. The van der Waals surface area contributed by atoms with E-state index < -0.39 is 11.7 Å². The summed E-state index contributed by atoms with van der Waals surface area (Å²) in [6.45, 7) is 5.82. The van der Waals surface area contributed by atoms with E-state index in [-0.39, 0.29) is 5.91 Å². The van der Waals surface area contributed by atoms with Gasteiger partial charge in [-0.3, -0.25) is 14.6 Å². The fourth-order valence-corrected chi connectivity index (χ4v) is 3.64. The van der Waals surface area contributed by atoms with Gasteiger partial charge in [0, 0.05) is 38.1 Å². The quantitative estimate of drug-likeness (QED) is 0.840. The monoisotopic (exact) mass is 398 g/mol. The third kappa shape index (κ3) is 5.75. The van der Waals surface area contributed by atoms with Gasteiger partial charge in [0.1, 0.15) is 0 Å². The Morgan fingerprint density at radius 1 is 1.15 bits per heavy atom. The topological polar surface area (TPSA) is 48.5 Å². The van der Waals surface area contributed by atoms with Gasteiger partial charge in [-0.25, -0.2) is 4.98 Å². The van der Waals surface area contributed by atoms with Gasteiger partial charge in [0.25, 0.3) is 0 Å². The van der Waals surface area contributed by atoms with Gasteiger partial charge >= 0.3 is 6.18 Å². The van der Waals surface area contributed by atoms with E-state index in [2.05, 4.69) is 20.1 Å². The van der Waals surface area contributed by atoms with Gasteiger partial charge in [-0.1, -0.05) is 12.1 Å². The van der Waals surface area contributed by atoms with E-state index in [1.54, 1.807) is 0 Å². The Morgan fingerprint density at radius 2 is 1.78 bits per heavy atom. The van der Waals surface area contributed by atoms with Gasteiger partial charge in [-0.15, -0.1) is 11.3 Å². The van der Waals surface area contributed by atoms with Gasteiger partial charge in [0.15, 0.2) is 5.13 Å². The maximum absolute atomic E-state index is 12.6. The lowest BCUT2D eigenvalue weighted by molar-refractivity contribution is -0.137. The maximum Gasteiger partial charge on any atom is 0.416 e. The molecule has 0 saturated carbocycles. The third-order valence-electron chi connectivity index (χ3n) is 4.38. The fourth-order valence-electron chi connectivity index (χ4n) is 2.94. The number of aryl methyl sites for hydroxylation is 1. The van der Waals surface area contributed by atoms with Gasteiger partial charge in [0.2, 0.25) is 5.91 Å². The Labute approximate surface area is 159 Å². The molecule has 1 amide bonds. The molecule has 1 aliphatic rings. The molecule has 3 rings (SSSR count). The molecule has 146 valence electrons. The number of nitrogens with one attached hydrogen (secondary N) is 1. The number of carbonyl (C=O) groups excluding carboxylic acids is 1. The van der Waals surface area contributed by atoms with Crippen LogP contribution in [0.2, 0.25) is 0 Å². The first kappa shape index (κ1) is 19.8. The first-order chi connectivity index (χ1) is 12.8. The first-order valence-electron chi connectivity index (χ1n) is 8.62. The van der Waals surface area contributed by atoms with Gasteiger partial charge in [0.05, 0.1) is 17.8 Å². The van der Waals surface area contributed by atoms with Crippen molar-refractivity contribution >= 4 is 22.4 Å². The van der Waals surface area contributed by atoms with E-state index in [9.17, 15) is 18.0 Å². The molecule has 1 aliphatic heterocycles. The number of aromatic nitrogens is 1. The summed E-state index contributed by atoms with van der Waals surface area (Å²) in [5.74, 6) is -0.0828. The third-order valence-corrected chi connectivity index (χ3v) is 5.26. The predicted octanol–water partition coefficient (Wildman–Crippen LogP) is 3.23. The number of halogens is 3. The van der Waals surface area contributed by atoms with Crippen LogP contribution in [-0.2, 0) is 17.5 Å². The summed E-state index contributed by atoms with van der Waals surface area (Å²) in [4.78, 5) is 20.5. The number of rotatable bonds is 5. The Balaban J connectivity index is 1.42. The van der Waals surface area contributed by atoms with Crippen LogP contribution >= 0.6 is 11.3 Å². The minimum atomic E-state index is -4.30. The van der Waals surface area contributed by atoms with Crippen molar-refractivity contribution in [1.29, 1.82) is 0 Å². The van der Waals surface area contributed by atoms with Crippen molar-refractivity contribution in [3.63, 3.8) is 0 Å². The van der Waals surface area contributed by atoms with E-state index in [1.165, 1.54) is 23.5 Å². The van der Waals surface area contributed by atoms with Crippen molar-refractivity contribution in [1.82, 2.24) is 14.8 Å². The van der Waals surface area contributed by atoms with E-state index in [4.69, 9.17) is 0 Å². The van der Waals surface area contributed by atoms with Crippen LogP contribution < -0.4 is 5.32 Å². The molecule has 5 nitrogen and oxygen atoms in total. The highest BCUT2D eigenvalue weighted by Gasteiger charge is 2.30. The SMILES string of the molecule is Cc1csc(NC(=O)CN2CCN(Cc3ccc(C(F)(F)F)cc3)CC2)n1. The van der Waals surface area contributed by atoms with Crippen molar-refractivity contribution in [2.45, 2.75) is 19.6 Å². The second-order valence-corrected chi connectivity index (χ2v) is 7.45. The molecule has 1 N–H and O–H groups in total. The number of piperazine rings is 1. The van der Waals surface area contributed by atoms with Gasteiger partial charge < -0.3 is 5.32 Å². The van der Waals surface area contributed by atoms with Crippen molar-refractivity contribution in [3.8, 4) is 0 Å². The predicted molar refractivity (Wildman–Crippen MR) is 98.6 cm³/mol. The van der Waals surface area contributed by atoms with Crippen molar-refractivity contribution in [3.05, 3.63) is 46.5 Å². The molecular formula is C18H21F3N4OS. The fraction of sp³-hybridized carbons (Fsp3) is 0.444. The molecule has 1 aromatic heterocycles. The van der Waals surface area contributed by atoms with Crippen LogP contribution in [0.15, 0.2) is 29.6 Å². The van der Waals surface area contributed by atoms with E-state index in [1.807, 2.05) is 12.3 Å². The molecule has 9 heteroatoms. The summed E-state index contributed by atoms with van der Waals surface area (Å²) in [6.07, 6.45) is -4.30. The summed E-state index contributed by atoms with van der Waals surface area (Å²) < 4.78 is 37.8. The number of alkyl halides is 3. The minimum absolute atomic E-state index is 0.0828. The normalized spacial score (nSPS) is 16.4. The second kappa shape index (κ2) is 8.37. The number of hydrogen-bond acceptors (Lipinski definition) is 5. The molecule has 0 spiro atoms. The molecule has 0 atom stereocenters. The number of nitrogens with zero attached hydrogens (tertiary/aromatic N) is 3. The highest BCUT2D eigenvalue weighted by molar-refractivity contribution is 7.13. The molecule has 0 unspecified atom stereocenters. The summed E-state index contributed by atoms with van der Waals surface area (Å²) in [5, 5.41) is 5.29. The Kier molecular flexibility index (Phi) is 6.13. The smallest absolute Gasteiger partial charge is 0.301 e. The van der Waals surface area contributed by atoms with Crippen LogP contribution in [0.5, 0.6) is 0 Å². The Bertz CT molecular complexity index is 768. The van der Waals surface area contributed by atoms with Gasteiger partial charge in [-0.05, 0) is 24.6 Å². The average molecular weight is 398 g/mol. The molecule has 0 aliphatic carbocycles. The van der Waals surface area contributed by atoms with Crippen molar-refractivity contribution < 1.29 is 18.0 Å². The first-order valence-corrected chi connectivity index (χ1v) is 9.50. The number of hydrogen-bond donors (Lipinski definition) is 1. The van der Waals surface area contributed by atoms with Crippen LogP contribution in [-0.4, -0.2) is 53.4 Å². The highest BCUT2D eigenvalue weighted by Crippen LogP contribution is 2.29. The van der Waals surface area contributed by atoms with Crippen LogP contribution in [0.4, 0.5) is 18.3 Å². The van der Waals surface area contributed by atoms with Gasteiger partial charge in [-0.2, -0.15) is 13.2 Å². The summed E-state index contributed by atoms with van der Waals surface area (Å²) in [7, 11) is 0. The van der Waals surface area contributed by atoms with Crippen LogP contribution in [0.25, 0.3) is 0 Å². The van der Waals surface area contributed by atoms with Crippen molar-refractivity contribution in [2.24, 2.45) is 0 Å². The molecule has 2 aromatic rings. The Morgan fingerprint density at radius 3 is 2.33 bits per heavy atom. The van der Waals surface area contributed by atoms with Crippen LogP contribution in [0, 0.1) is 6.92 Å². The Hall–Kier alpha value is -1.97. The molecule has 0 radical (unpaired) electrons. The standard InChI is InChI=1S/C18H21F3N4OS/c1-13-12-27-17(22-13)23-16(26)11-25-8-6-24(7-9-25)10-14-2-4-15(5-3-14)18(19,20)21/h2-5,12H,6-11H2,1H3,(H,22,23,26).